The third kappa shape index (κ3) is 2.54. The van der Waals surface area contributed by atoms with E-state index in [2.05, 4.69) is 36.2 Å². The van der Waals surface area contributed by atoms with Gasteiger partial charge >= 0.3 is 0 Å². The van der Waals surface area contributed by atoms with Crippen molar-refractivity contribution >= 4 is 0 Å². The molecule has 0 spiro atoms. The maximum atomic E-state index is 13.1. The highest BCUT2D eigenvalue weighted by molar-refractivity contribution is 5.39. The molecular weight excluding hydrogens is 237 g/mol. The van der Waals surface area contributed by atoms with Gasteiger partial charge in [0.1, 0.15) is 5.82 Å². The Bertz CT molecular complexity index is 562. The fourth-order valence-corrected chi connectivity index (χ4v) is 2.89. The van der Waals surface area contributed by atoms with Crippen molar-refractivity contribution in [2.75, 3.05) is 20.1 Å². The topological polar surface area (TPSA) is 3.24 Å². The van der Waals surface area contributed by atoms with E-state index in [-0.39, 0.29) is 5.82 Å². The molecule has 1 atom stereocenters. The van der Waals surface area contributed by atoms with E-state index in [1.807, 2.05) is 12.1 Å². The number of halogens is 1. The summed E-state index contributed by atoms with van der Waals surface area (Å²) in [5.74, 6) is 0.170. The zero-order valence-electron chi connectivity index (χ0n) is 11.1. The molecule has 0 bridgehead atoms. The molecule has 0 saturated carbocycles. The van der Waals surface area contributed by atoms with Gasteiger partial charge in [-0.3, -0.25) is 0 Å². The molecule has 0 radical (unpaired) electrons. The summed E-state index contributed by atoms with van der Waals surface area (Å²) in [5.41, 5.74) is 4.00. The average molecular weight is 255 g/mol. The van der Waals surface area contributed by atoms with Gasteiger partial charge < -0.3 is 4.90 Å². The summed E-state index contributed by atoms with van der Waals surface area (Å²) in [4.78, 5) is 2.36. The zero-order chi connectivity index (χ0) is 13.2. The van der Waals surface area contributed by atoms with Gasteiger partial charge in [-0.1, -0.05) is 36.4 Å². The summed E-state index contributed by atoms with van der Waals surface area (Å²) in [7, 11) is 2.16. The van der Waals surface area contributed by atoms with Crippen molar-refractivity contribution in [3.63, 3.8) is 0 Å². The van der Waals surface area contributed by atoms with E-state index in [0.29, 0.717) is 5.92 Å². The third-order valence-electron chi connectivity index (χ3n) is 3.96. The van der Waals surface area contributed by atoms with E-state index >= 15 is 0 Å². The van der Waals surface area contributed by atoms with Crippen molar-refractivity contribution in [1.82, 2.24) is 4.90 Å². The Kier molecular flexibility index (Phi) is 3.34. The number of rotatable bonds is 1. The van der Waals surface area contributed by atoms with Crippen LogP contribution in [-0.4, -0.2) is 25.0 Å². The van der Waals surface area contributed by atoms with Crippen LogP contribution in [0.1, 0.15) is 22.6 Å². The smallest absolute Gasteiger partial charge is 0.123 e. The minimum absolute atomic E-state index is 0.168. The van der Waals surface area contributed by atoms with Crippen LogP contribution >= 0.6 is 0 Å². The van der Waals surface area contributed by atoms with E-state index in [1.54, 1.807) is 12.1 Å². The van der Waals surface area contributed by atoms with Crippen molar-refractivity contribution in [3.05, 3.63) is 71.0 Å². The number of hydrogen-bond acceptors (Lipinski definition) is 1. The number of fused-ring (bicyclic) bond motifs is 1. The van der Waals surface area contributed by atoms with Gasteiger partial charge in [-0.15, -0.1) is 0 Å². The summed E-state index contributed by atoms with van der Waals surface area (Å²) >= 11 is 0. The highest BCUT2D eigenvalue weighted by Crippen LogP contribution is 2.30. The van der Waals surface area contributed by atoms with Crippen LogP contribution in [0.25, 0.3) is 0 Å². The molecule has 98 valence electrons. The molecule has 1 unspecified atom stereocenters. The molecule has 0 amide bonds. The van der Waals surface area contributed by atoms with Gasteiger partial charge in [0.2, 0.25) is 0 Å². The van der Waals surface area contributed by atoms with Gasteiger partial charge in [-0.2, -0.15) is 0 Å². The van der Waals surface area contributed by atoms with Crippen LogP contribution < -0.4 is 0 Å². The summed E-state index contributed by atoms with van der Waals surface area (Å²) < 4.78 is 13.1. The van der Waals surface area contributed by atoms with E-state index in [1.165, 1.54) is 16.7 Å². The second-order valence-electron chi connectivity index (χ2n) is 5.32. The van der Waals surface area contributed by atoms with Crippen LogP contribution in [0.3, 0.4) is 0 Å². The molecule has 2 aromatic carbocycles. The van der Waals surface area contributed by atoms with Gasteiger partial charge in [-0.25, -0.2) is 4.39 Å². The molecule has 19 heavy (non-hydrogen) atoms. The summed E-state index contributed by atoms with van der Waals surface area (Å²) in [5, 5.41) is 0. The van der Waals surface area contributed by atoms with Crippen LogP contribution in [0, 0.1) is 5.82 Å². The molecule has 0 fully saturated rings. The first-order valence-electron chi connectivity index (χ1n) is 6.76. The van der Waals surface area contributed by atoms with Gasteiger partial charge in [-0.05, 0) is 42.3 Å². The number of likely N-dealkylation sites (N-methyl/N-ethyl adjacent to an activating group) is 1. The third-order valence-corrected chi connectivity index (χ3v) is 3.96. The molecule has 1 heterocycles. The largest absolute Gasteiger partial charge is 0.305 e. The average Bonchev–Trinajstić information content (AvgIpc) is 2.60. The molecule has 0 N–H and O–H groups in total. The molecule has 0 aromatic heterocycles. The Labute approximate surface area is 113 Å². The van der Waals surface area contributed by atoms with Gasteiger partial charge in [0.15, 0.2) is 0 Å². The Morgan fingerprint density at radius 2 is 1.79 bits per heavy atom. The van der Waals surface area contributed by atoms with Crippen molar-refractivity contribution < 1.29 is 4.39 Å². The molecule has 0 saturated heterocycles. The Morgan fingerprint density at radius 1 is 1.05 bits per heavy atom. The predicted molar refractivity (Wildman–Crippen MR) is 75.9 cm³/mol. The summed E-state index contributed by atoms with van der Waals surface area (Å²) in [6.45, 7) is 2.07. The normalized spacial score (nSPS) is 19.8. The summed E-state index contributed by atoms with van der Waals surface area (Å²) in [6, 6.07) is 15.6. The lowest BCUT2D eigenvalue weighted by atomic mass is 9.88. The molecule has 1 aliphatic heterocycles. The van der Waals surface area contributed by atoms with E-state index < -0.39 is 0 Å². The van der Waals surface area contributed by atoms with Crippen LogP contribution in [0.5, 0.6) is 0 Å². The monoisotopic (exact) mass is 255 g/mol. The summed E-state index contributed by atoms with van der Waals surface area (Å²) in [6.07, 6.45) is 1.09. The predicted octanol–water partition coefficient (Wildman–Crippen LogP) is 3.45. The second kappa shape index (κ2) is 5.14. The Morgan fingerprint density at radius 3 is 2.58 bits per heavy atom. The lowest BCUT2D eigenvalue weighted by molar-refractivity contribution is 0.338. The first kappa shape index (κ1) is 12.4. The fourth-order valence-electron chi connectivity index (χ4n) is 2.89. The van der Waals surface area contributed by atoms with Crippen molar-refractivity contribution in [2.24, 2.45) is 0 Å². The standard InChI is InChI=1S/C17H18FN/c1-19-11-10-13-4-2-3-5-16(13)17(12-19)14-6-8-15(18)9-7-14/h2-9,17H,10-12H2,1H3. The molecule has 3 rings (SSSR count). The van der Waals surface area contributed by atoms with Crippen LogP contribution in [0.15, 0.2) is 48.5 Å². The van der Waals surface area contributed by atoms with E-state index in [4.69, 9.17) is 0 Å². The van der Waals surface area contributed by atoms with E-state index in [9.17, 15) is 4.39 Å². The van der Waals surface area contributed by atoms with Crippen molar-refractivity contribution in [2.45, 2.75) is 12.3 Å². The maximum Gasteiger partial charge on any atom is 0.123 e. The Balaban J connectivity index is 2.05. The van der Waals surface area contributed by atoms with Gasteiger partial charge in [0.05, 0.1) is 0 Å². The van der Waals surface area contributed by atoms with E-state index in [0.717, 1.165) is 19.5 Å². The van der Waals surface area contributed by atoms with Gasteiger partial charge in [0.25, 0.3) is 0 Å². The first-order valence-corrected chi connectivity index (χ1v) is 6.76. The molecule has 1 nitrogen and oxygen atoms in total. The number of benzene rings is 2. The van der Waals surface area contributed by atoms with Crippen molar-refractivity contribution in [1.29, 1.82) is 0 Å². The zero-order valence-corrected chi connectivity index (χ0v) is 11.1. The molecule has 2 heteroatoms. The van der Waals surface area contributed by atoms with Crippen LogP contribution in [-0.2, 0) is 6.42 Å². The second-order valence-corrected chi connectivity index (χ2v) is 5.32. The molecule has 1 aliphatic rings. The van der Waals surface area contributed by atoms with Gasteiger partial charge in [0, 0.05) is 19.0 Å². The molecular formula is C17H18FN. The minimum atomic E-state index is -0.168. The quantitative estimate of drug-likeness (QED) is 0.754. The number of hydrogen-bond donors (Lipinski definition) is 0. The van der Waals surface area contributed by atoms with Crippen LogP contribution in [0.2, 0.25) is 0 Å². The highest BCUT2D eigenvalue weighted by atomic mass is 19.1. The SMILES string of the molecule is CN1CCc2ccccc2C(c2ccc(F)cc2)C1. The number of nitrogens with zero attached hydrogens (tertiary/aromatic N) is 1. The maximum absolute atomic E-state index is 13.1. The van der Waals surface area contributed by atoms with Crippen molar-refractivity contribution in [3.8, 4) is 0 Å². The lowest BCUT2D eigenvalue weighted by Gasteiger charge is -2.22. The minimum Gasteiger partial charge on any atom is -0.305 e. The lowest BCUT2D eigenvalue weighted by Crippen LogP contribution is -2.24. The fraction of sp³-hybridized carbons (Fsp3) is 0.294. The molecule has 0 aliphatic carbocycles. The van der Waals surface area contributed by atoms with Crippen LogP contribution in [0.4, 0.5) is 4.39 Å². The molecule has 2 aromatic rings. The first-order chi connectivity index (χ1) is 9.24. The highest BCUT2D eigenvalue weighted by Gasteiger charge is 2.22. The Hall–Kier alpha value is -1.67.